The van der Waals surface area contributed by atoms with Crippen LogP contribution in [0.3, 0.4) is 0 Å². The van der Waals surface area contributed by atoms with Crippen LogP contribution in [-0.2, 0) is 14.6 Å². The lowest BCUT2D eigenvalue weighted by atomic mass is 10.2. The van der Waals surface area contributed by atoms with E-state index in [1.54, 1.807) is 4.90 Å². The van der Waals surface area contributed by atoms with Gasteiger partial charge in [0.1, 0.15) is 9.84 Å². The molecule has 19 heavy (non-hydrogen) atoms. The molecule has 0 spiro atoms. The maximum absolute atomic E-state index is 12.1. The van der Waals surface area contributed by atoms with E-state index in [2.05, 4.69) is 5.32 Å². The fourth-order valence-corrected chi connectivity index (χ4v) is 3.26. The Hall–Kier alpha value is -0.330. The first-order chi connectivity index (χ1) is 8.35. The number of hydrogen-bond donors (Lipinski definition) is 1. The molecule has 1 saturated carbocycles. The van der Waals surface area contributed by atoms with Crippen LogP contribution < -0.4 is 5.32 Å². The molecule has 0 radical (unpaired) electrons. The fourth-order valence-electron chi connectivity index (χ4n) is 2.23. The number of nitrogens with zero attached hydrogens (tertiary/aromatic N) is 1. The Balaban J connectivity index is 0.00000324. The molecule has 1 fully saturated rings. The van der Waals surface area contributed by atoms with Crippen molar-refractivity contribution in [1.29, 1.82) is 0 Å². The van der Waals surface area contributed by atoms with Crippen molar-refractivity contribution < 1.29 is 13.2 Å². The van der Waals surface area contributed by atoms with Crippen molar-refractivity contribution in [2.45, 2.75) is 44.7 Å². The minimum Gasteiger partial charge on any atom is -0.336 e. The maximum atomic E-state index is 12.1. The van der Waals surface area contributed by atoms with E-state index in [0.717, 1.165) is 25.8 Å². The Bertz CT molecular complexity index is 382. The van der Waals surface area contributed by atoms with Crippen LogP contribution in [0.2, 0.25) is 0 Å². The molecule has 0 aromatic rings. The first-order valence-electron chi connectivity index (χ1n) is 6.48. The molecule has 5 nitrogen and oxygen atoms in total. The second-order valence-corrected chi connectivity index (χ2v) is 7.37. The van der Waals surface area contributed by atoms with Gasteiger partial charge in [-0.15, -0.1) is 12.4 Å². The highest BCUT2D eigenvalue weighted by Crippen LogP contribution is 2.29. The van der Waals surface area contributed by atoms with Crippen LogP contribution in [0, 0.1) is 0 Å². The average Bonchev–Trinajstić information content (AvgIpc) is 2.99. The summed E-state index contributed by atoms with van der Waals surface area (Å²) >= 11 is 0. The van der Waals surface area contributed by atoms with Crippen LogP contribution in [-0.4, -0.2) is 56.9 Å². The molecule has 1 unspecified atom stereocenters. The number of rotatable bonds is 8. The summed E-state index contributed by atoms with van der Waals surface area (Å²) in [6.45, 7) is 2.64. The second kappa shape index (κ2) is 8.07. The van der Waals surface area contributed by atoms with Gasteiger partial charge in [-0.05, 0) is 39.8 Å². The zero-order valence-corrected chi connectivity index (χ0v) is 13.5. The van der Waals surface area contributed by atoms with E-state index < -0.39 is 9.84 Å². The van der Waals surface area contributed by atoms with Crippen LogP contribution in [0.15, 0.2) is 0 Å². The van der Waals surface area contributed by atoms with Crippen molar-refractivity contribution in [3.05, 3.63) is 0 Å². The van der Waals surface area contributed by atoms with Crippen LogP contribution >= 0.6 is 12.4 Å². The Morgan fingerprint density at radius 3 is 2.42 bits per heavy atom. The molecule has 0 saturated heterocycles. The molecular formula is C12H25ClN2O3S. The molecule has 0 heterocycles. The van der Waals surface area contributed by atoms with E-state index in [0.29, 0.717) is 6.42 Å². The number of carbonyl (C=O) groups is 1. The summed E-state index contributed by atoms with van der Waals surface area (Å²) in [6, 6.07) is 0.0541. The zero-order chi connectivity index (χ0) is 13.8. The summed E-state index contributed by atoms with van der Waals surface area (Å²) in [6.07, 6.45) is 4.52. The highest BCUT2D eigenvalue weighted by molar-refractivity contribution is 7.90. The molecule has 114 valence electrons. The predicted molar refractivity (Wildman–Crippen MR) is 79.4 cm³/mol. The highest BCUT2D eigenvalue weighted by atomic mass is 35.5. The van der Waals surface area contributed by atoms with Crippen LogP contribution in [0.25, 0.3) is 0 Å². The van der Waals surface area contributed by atoms with E-state index in [9.17, 15) is 13.2 Å². The van der Waals surface area contributed by atoms with Gasteiger partial charge in [-0.25, -0.2) is 8.42 Å². The van der Waals surface area contributed by atoms with Gasteiger partial charge in [0.2, 0.25) is 5.91 Å². The summed E-state index contributed by atoms with van der Waals surface area (Å²) < 4.78 is 22.6. The van der Waals surface area contributed by atoms with Crippen molar-refractivity contribution in [3.63, 3.8) is 0 Å². The number of sulfone groups is 1. The van der Waals surface area contributed by atoms with Gasteiger partial charge in [-0.1, -0.05) is 0 Å². The van der Waals surface area contributed by atoms with E-state index in [4.69, 9.17) is 0 Å². The van der Waals surface area contributed by atoms with E-state index in [-0.39, 0.29) is 36.2 Å². The van der Waals surface area contributed by atoms with Crippen LogP contribution in [0.5, 0.6) is 0 Å². The lowest BCUT2D eigenvalue weighted by molar-refractivity contribution is -0.133. The summed E-state index contributed by atoms with van der Waals surface area (Å²) in [4.78, 5) is 13.9. The van der Waals surface area contributed by atoms with Gasteiger partial charge in [0.15, 0.2) is 0 Å². The maximum Gasteiger partial charge on any atom is 0.223 e. The number of carbonyl (C=O) groups excluding carboxylic acids is 1. The first-order valence-corrected chi connectivity index (χ1v) is 8.54. The molecule has 7 heteroatoms. The van der Waals surface area contributed by atoms with E-state index >= 15 is 0 Å². The minimum atomic E-state index is -3.04. The molecule has 1 aliphatic carbocycles. The summed E-state index contributed by atoms with van der Waals surface area (Å²) in [5.74, 6) is 0.144. The fraction of sp³-hybridized carbons (Fsp3) is 0.917. The van der Waals surface area contributed by atoms with Crippen molar-refractivity contribution in [3.8, 4) is 0 Å². The number of hydrogen-bond acceptors (Lipinski definition) is 4. The third-order valence-electron chi connectivity index (χ3n) is 3.06. The molecule has 1 rings (SSSR count). The number of amides is 1. The Morgan fingerprint density at radius 2 is 2.00 bits per heavy atom. The zero-order valence-electron chi connectivity index (χ0n) is 11.9. The van der Waals surface area contributed by atoms with Crippen molar-refractivity contribution >= 4 is 28.2 Å². The van der Waals surface area contributed by atoms with Crippen molar-refractivity contribution in [2.75, 3.05) is 25.6 Å². The summed E-state index contributed by atoms with van der Waals surface area (Å²) in [5, 5.41) is 3.01. The molecule has 0 aliphatic heterocycles. The summed E-state index contributed by atoms with van der Waals surface area (Å²) in [5.41, 5.74) is 0. The standard InChI is InChI=1S/C12H24N2O3S.ClH/c1-10(9-18(3,16)17)14(11-6-7-11)12(15)5-4-8-13-2;/h10-11,13H,4-9H2,1-3H3;1H. The lowest BCUT2D eigenvalue weighted by Crippen LogP contribution is -2.43. The smallest absolute Gasteiger partial charge is 0.223 e. The molecule has 1 amide bonds. The normalized spacial score (nSPS) is 16.6. The average molecular weight is 313 g/mol. The first kappa shape index (κ1) is 18.7. The predicted octanol–water partition coefficient (Wildman–Crippen LogP) is 0.832. The van der Waals surface area contributed by atoms with Crippen molar-refractivity contribution in [2.24, 2.45) is 0 Å². The molecule has 0 aromatic heterocycles. The van der Waals surface area contributed by atoms with Gasteiger partial charge < -0.3 is 10.2 Å². The van der Waals surface area contributed by atoms with Crippen LogP contribution in [0.4, 0.5) is 0 Å². The van der Waals surface area contributed by atoms with Gasteiger partial charge in [0, 0.05) is 24.8 Å². The highest BCUT2D eigenvalue weighted by Gasteiger charge is 2.36. The quantitative estimate of drug-likeness (QED) is 0.674. The molecule has 0 bridgehead atoms. The Morgan fingerprint density at radius 1 is 1.42 bits per heavy atom. The largest absolute Gasteiger partial charge is 0.336 e. The SMILES string of the molecule is CNCCCC(=O)N(C(C)CS(C)(=O)=O)C1CC1.Cl. The van der Waals surface area contributed by atoms with E-state index in [1.807, 2.05) is 14.0 Å². The molecule has 1 aliphatic rings. The Labute approximate surface area is 122 Å². The number of nitrogens with one attached hydrogen (secondary N) is 1. The van der Waals surface area contributed by atoms with Gasteiger partial charge in [0.25, 0.3) is 0 Å². The second-order valence-electron chi connectivity index (χ2n) is 5.18. The monoisotopic (exact) mass is 312 g/mol. The topological polar surface area (TPSA) is 66.5 Å². The van der Waals surface area contributed by atoms with Gasteiger partial charge >= 0.3 is 0 Å². The van der Waals surface area contributed by atoms with E-state index in [1.165, 1.54) is 6.26 Å². The lowest BCUT2D eigenvalue weighted by Gasteiger charge is -2.29. The summed E-state index contributed by atoms with van der Waals surface area (Å²) in [7, 11) is -1.18. The van der Waals surface area contributed by atoms with Gasteiger partial charge in [-0.3, -0.25) is 4.79 Å². The van der Waals surface area contributed by atoms with Crippen molar-refractivity contribution in [1.82, 2.24) is 10.2 Å². The molecule has 1 atom stereocenters. The Kier molecular flexibility index (Phi) is 7.93. The van der Waals surface area contributed by atoms with Crippen LogP contribution in [0.1, 0.15) is 32.6 Å². The number of halogens is 1. The molecule has 1 N–H and O–H groups in total. The molecule has 0 aromatic carbocycles. The minimum absolute atomic E-state index is 0. The third kappa shape index (κ3) is 7.13. The third-order valence-corrected chi connectivity index (χ3v) is 4.15. The molecular weight excluding hydrogens is 288 g/mol. The van der Waals surface area contributed by atoms with Gasteiger partial charge in [-0.2, -0.15) is 0 Å². The van der Waals surface area contributed by atoms with Gasteiger partial charge in [0.05, 0.1) is 5.75 Å².